The Balaban J connectivity index is 1.63. The molecule has 8 nitrogen and oxygen atoms in total. The molecule has 1 heterocycles. The van der Waals surface area contributed by atoms with Crippen molar-refractivity contribution in [1.29, 1.82) is 0 Å². The Morgan fingerprint density at radius 3 is 1.68 bits per heavy atom. The number of piperidine rings is 1. The second-order valence-electron chi connectivity index (χ2n) is 9.29. The molecule has 0 atom stereocenters. The van der Waals surface area contributed by atoms with Crippen LogP contribution in [0.2, 0.25) is 0 Å². The van der Waals surface area contributed by atoms with E-state index in [0.29, 0.717) is 41.3 Å². The molecular weight excluding hydrogens is 514 g/mol. The minimum Gasteiger partial charge on any atom is -0.382 e. The van der Waals surface area contributed by atoms with Gasteiger partial charge in [-0.15, -0.1) is 0 Å². The fourth-order valence-corrected chi connectivity index (χ4v) is 5.06. The molecule has 1 aliphatic carbocycles. The van der Waals surface area contributed by atoms with E-state index in [0.717, 1.165) is 6.54 Å². The molecule has 2 aliphatic rings. The summed E-state index contributed by atoms with van der Waals surface area (Å²) in [5.74, 6) is 0.637. The van der Waals surface area contributed by atoms with Crippen LogP contribution in [0, 0.1) is 5.92 Å². The first kappa shape index (κ1) is 27.1. The van der Waals surface area contributed by atoms with Crippen molar-refractivity contribution >= 4 is 38.2 Å². The zero-order valence-corrected chi connectivity index (χ0v) is 22.6. The highest BCUT2D eigenvalue weighted by atomic mass is 32.2. The summed E-state index contributed by atoms with van der Waals surface area (Å²) in [6, 6.07) is 13.3. The minimum absolute atomic E-state index is 0.105. The highest BCUT2D eigenvalue weighted by Crippen LogP contribution is 2.32. The topological polar surface area (TPSA) is 107 Å². The second-order valence-corrected chi connectivity index (χ2v) is 13.0. The number of likely N-dealkylation sites (tertiary alicyclic amines) is 1. The largest absolute Gasteiger partial charge is 0.382 e. The first-order valence-corrected chi connectivity index (χ1v) is 15.4. The summed E-state index contributed by atoms with van der Waals surface area (Å²) >= 11 is 0. The van der Waals surface area contributed by atoms with Crippen LogP contribution in [-0.2, 0) is 25.0 Å². The van der Waals surface area contributed by atoms with Gasteiger partial charge in [0.1, 0.15) is 11.5 Å². The van der Waals surface area contributed by atoms with Crippen LogP contribution in [0.3, 0.4) is 0 Å². The fraction of sp³-hybridized carbons (Fsp3) is 0.370. The average Bonchev–Trinajstić information content (AvgIpc) is 3.66. The van der Waals surface area contributed by atoms with Gasteiger partial charge in [-0.1, -0.05) is 24.3 Å². The molecule has 0 unspecified atom stereocenters. The third-order valence-electron chi connectivity index (χ3n) is 6.14. The third kappa shape index (κ3) is 7.77. The van der Waals surface area contributed by atoms with Crippen LogP contribution < -0.4 is 8.37 Å². The van der Waals surface area contributed by atoms with Gasteiger partial charge in [0, 0.05) is 30.8 Å². The first-order chi connectivity index (χ1) is 17.6. The molecule has 2 aromatic carbocycles. The number of carbonyl (C=O) groups is 1. The molecule has 1 saturated heterocycles. The highest BCUT2D eigenvalue weighted by Gasteiger charge is 2.31. The highest BCUT2D eigenvalue weighted by molar-refractivity contribution is 7.87. The van der Waals surface area contributed by atoms with Crippen LogP contribution in [0.4, 0.5) is 0 Å². The number of benzene rings is 2. The van der Waals surface area contributed by atoms with Crippen LogP contribution >= 0.6 is 0 Å². The molecule has 1 aliphatic heterocycles. The van der Waals surface area contributed by atoms with E-state index in [9.17, 15) is 21.6 Å². The van der Waals surface area contributed by atoms with E-state index in [-0.39, 0.29) is 28.8 Å². The summed E-state index contributed by atoms with van der Waals surface area (Å²) in [6.07, 6.45) is 5.90. The number of nitrogens with zero attached hydrogens (tertiary/aromatic N) is 1. The summed E-state index contributed by atoms with van der Waals surface area (Å²) in [5, 5.41) is 0. The number of hydrogen-bond acceptors (Lipinski definition) is 8. The number of hydrogen-bond donors (Lipinski definition) is 0. The smallest absolute Gasteiger partial charge is 0.308 e. The molecule has 0 amide bonds. The van der Waals surface area contributed by atoms with Crippen LogP contribution in [0.15, 0.2) is 59.7 Å². The van der Waals surface area contributed by atoms with E-state index in [4.69, 9.17) is 8.37 Å². The summed E-state index contributed by atoms with van der Waals surface area (Å²) in [7, 11) is -7.32. The van der Waals surface area contributed by atoms with Gasteiger partial charge in [-0.05, 0) is 80.2 Å². The molecular formula is C27H31NO7S2. The summed E-state index contributed by atoms with van der Waals surface area (Å²) < 4.78 is 57.7. The van der Waals surface area contributed by atoms with Gasteiger partial charge >= 0.3 is 20.2 Å². The number of ketones is 1. The van der Waals surface area contributed by atoms with Crippen LogP contribution in [-0.4, -0.2) is 58.7 Å². The first-order valence-electron chi connectivity index (χ1n) is 12.3. The Morgan fingerprint density at radius 1 is 0.811 bits per heavy atom. The molecule has 0 spiro atoms. The lowest BCUT2D eigenvalue weighted by Gasteiger charge is -2.30. The lowest BCUT2D eigenvalue weighted by molar-refractivity contribution is -0.113. The van der Waals surface area contributed by atoms with Gasteiger partial charge in [0.25, 0.3) is 0 Å². The van der Waals surface area contributed by atoms with Gasteiger partial charge in [-0.2, -0.15) is 16.8 Å². The van der Waals surface area contributed by atoms with Gasteiger partial charge in [-0.25, -0.2) is 0 Å². The molecule has 0 aromatic heterocycles. The Kier molecular flexibility index (Phi) is 8.20. The van der Waals surface area contributed by atoms with Crippen molar-refractivity contribution in [3.63, 3.8) is 0 Å². The molecule has 0 N–H and O–H groups in total. The fourth-order valence-electron chi connectivity index (χ4n) is 4.03. The SMILES string of the molecule is CCS(=O)(=O)Oc1cccc(C=C2CN(CC3CC3)CC(=Cc3cccc(OS(=O)(=O)CC)c3)C2=O)c1. The van der Waals surface area contributed by atoms with Crippen LogP contribution in [0.1, 0.15) is 37.8 Å². The summed E-state index contributed by atoms with van der Waals surface area (Å²) in [5.41, 5.74) is 2.52. The molecule has 37 heavy (non-hydrogen) atoms. The maximum Gasteiger partial charge on any atom is 0.308 e. The molecule has 0 radical (unpaired) electrons. The van der Waals surface area contributed by atoms with Crippen molar-refractivity contribution < 1.29 is 30.0 Å². The van der Waals surface area contributed by atoms with Crippen LogP contribution in [0.5, 0.6) is 11.5 Å². The van der Waals surface area contributed by atoms with E-state index < -0.39 is 20.2 Å². The van der Waals surface area contributed by atoms with E-state index in [1.807, 2.05) is 0 Å². The third-order valence-corrected chi connectivity index (χ3v) is 8.44. The zero-order chi connectivity index (χ0) is 26.6. The molecule has 0 bridgehead atoms. The van der Waals surface area contributed by atoms with E-state index >= 15 is 0 Å². The number of rotatable bonds is 10. The molecule has 10 heteroatoms. The van der Waals surface area contributed by atoms with Gasteiger partial charge < -0.3 is 8.37 Å². The van der Waals surface area contributed by atoms with E-state index in [2.05, 4.69) is 4.90 Å². The van der Waals surface area contributed by atoms with E-state index in [1.54, 1.807) is 60.7 Å². The van der Waals surface area contributed by atoms with Crippen molar-refractivity contribution in [2.75, 3.05) is 31.1 Å². The minimum atomic E-state index is -3.66. The van der Waals surface area contributed by atoms with Gasteiger partial charge in [-0.3, -0.25) is 9.69 Å². The quantitative estimate of drug-likeness (QED) is 0.327. The van der Waals surface area contributed by atoms with Crippen molar-refractivity contribution in [3.8, 4) is 11.5 Å². The summed E-state index contributed by atoms with van der Waals surface area (Å²) in [6.45, 7) is 4.88. The summed E-state index contributed by atoms with van der Waals surface area (Å²) in [4.78, 5) is 15.7. The predicted molar refractivity (Wildman–Crippen MR) is 143 cm³/mol. The number of carbonyl (C=O) groups excluding carboxylic acids is 1. The molecule has 2 aromatic rings. The lowest BCUT2D eigenvalue weighted by atomic mass is 9.94. The second kappa shape index (κ2) is 11.2. The predicted octanol–water partition coefficient (Wildman–Crippen LogP) is 3.91. The van der Waals surface area contributed by atoms with Crippen LogP contribution in [0.25, 0.3) is 12.2 Å². The average molecular weight is 546 g/mol. The van der Waals surface area contributed by atoms with Gasteiger partial charge in [0.2, 0.25) is 0 Å². The van der Waals surface area contributed by atoms with Gasteiger partial charge in [0.05, 0.1) is 11.5 Å². The lowest BCUT2D eigenvalue weighted by Crippen LogP contribution is -2.38. The van der Waals surface area contributed by atoms with Crippen molar-refractivity contribution in [3.05, 3.63) is 70.8 Å². The zero-order valence-electron chi connectivity index (χ0n) is 20.9. The maximum atomic E-state index is 13.5. The van der Waals surface area contributed by atoms with Gasteiger partial charge in [0.15, 0.2) is 5.78 Å². The van der Waals surface area contributed by atoms with E-state index in [1.165, 1.54) is 26.7 Å². The van der Waals surface area contributed by atoms with Crippen molar-refractivity contribution in [2.45, 2.75) is 26.7 Å². The Hall–Kier alpha value is -2.95. The Bertz CT molecular complexity index is 1340. The molecule has 198 valence electrons. The number of Topliss-reactive ketones (excluding diaryl/α,β-unsaturated/α-hetero) is 1. The molecule has 4 rings (SSSR count). The standard InChI is InChI=1S/C27H31NO7S2/c1-3-36(30,31)34-25-9-5-7-21(15-25)13-23-18-28(17-20-11-12-20)19-24(27(23)29)14-22-8-6-10-26(16-22)35-37(32,33)4-2/h5-10,13-16,20H,3-4,11-12,17-19H2,1-2H3. The van der Waals surface area contributed by atoms with Crippen molar-refractivity contribution in [1.82, 2.24) is 4.90 Å². The Morgan fingerprint density at radius 2 is 1.27 bits per heavy atom. The molecule has 1 saturated carbocycles. The molecule has 2 fully saturated rings. The van der Waals surface area contributed by atoms with Crippen molar-refractivity contribution in [2.24, 2.45) is 5.92 Å². The monoisotopic (exact) mass is 545 g/mol. The normalized spacial score (nSPS) is 19.4. The Labute approximate surface area is 218 Å². The maximum absolute atomic E-state index is 13.5.